The minimum atomic E-state index is -0.0354. The minimum Gasteiger partial charge on any atom is -0.485 e. The molecule has 0 bridgehead atoms. The maximum atomic E-state index is 9.30. The molecule has 1 aromatic heterocycles. The Bertz CT molecular complexity index is 2450. The van der Waals surface area contributed by atoms with Gasteiger partial charge in [0.1, 0.15) is 23.0 Å². The summed E-state index contributed by atoms with van der Waals surface area (Å²) in [5.74, 6) is 1.24. The van der Waals surface area contributed by atoms with E-state index in [-0.39, 0.29) is 24.0 Å². The van der Waals surface area contributed by atoms with Crippen LogP contribution in [-0.2, 0) is 0 Å². The molecule has 0 N–H and O–H groups in total. The lowest BCUT2D eigenvalue weighted by Gasteiger charge is -2.32. The molecule has 3 aliphatic carbocycles. The molecule has 2 heterocycles. The molecular formula is C45H36N2O2. The van der Waals surface area contributed by atoms with Gasteiger partial charge in [-0.1, -0.05) is 91.1 Å². The van der Waals surface area contributed by atoms with E-state index in [0.29, 0.717) is 0 Å². The van der Waals surface area contributed by atoms with Gasteiger partial charge in [-0.2, -0.15) is 5.26 Å². The highest BCUT2D eigenvalue weighted by Crippen LogP contribution is 2.40. The van der Waals surface area contributed by atoms with E-state index in [9.17, 15) is 5.26 Å². The highest BCUT2D eigenvalue weighted by molar-refractivity contribution is 6.05. The van der Waals surface area contributed by atoms with E-state index in [0.717, 1.165) is 52.6 Å². The van der Waals surface area contributed by atoms with Crippen LogP contribution in [0.4, 0.5) is 5.69 Å². The van der Waals surface area contributed by atoms with Crippen molar-refractivity contribution in [1.82, 2.24) is 0 Å². The summed E-state index contributed by atoms with van der Waals surface area (Å²) in [5.41, 5.74) is 9.03. The number of nitrogens with zero attached hydrogens (tertiary/aromatic N) is 2. The van der Waals surface area contributed by atoms with Gasteiger partial charge in [-0.15, -0.1) is 0 Å². The first-order chi connectivity index (χ1) is 24.1. The number of fused-ring (bicyclic) bond motifs is 7. The summed E-state index contributed by atoms with van der Waals surface area (Å²) in [5, 5.41) is 14.1. The van der Waals surface area contributed by atoms with Gasteiger partial charge in [0.15, 0.2) is 0 Å². The maximum Gasteiger partial charge on any atom is 0.136 e. The molecule has 5 aromatic rings. The number of hydrogen-bond donors (Lipinski definition) is 0. The van der Waals surface area contributed by atoms with Crippen LogP contribution < -0.4 is 20.1 Å². The summed E-state index contributed by atoms with van der Waals surface area (Å²) < 4.78 is 12.5. The quantitative estimate of drug-likeness (QED) is 0.187. The third-order valence-electron chi connectivity index (χ3n) is 10.4. The number of para-hydroxylation sites is 1. The number of allylic oxidation sites excluding steroid dienone is 6. The number of furan rings is 1. The van der Waals surface area contributed by atoms with Crippen LogP contribution in [0, 0.1) is 24.2 Å². The average Bonchev–Trinajstić information content (AvgIpc) is 3.69. The molecule has 4 aromatic carbocycles. The van der Waals surface area contributed by atoms with Crippen molar-refractivity contribution in [2.45, 2.75) is 37.8 Å². The van der Waals surface area contributed by atoms with Crippen molar-refractivity contribution < 1.29 is 9.15 Å². The SMILES string of the molecule is Cc1cc2c(cc1/C=C\CN(c1ccc(C3=CCC(C#N)C=C3)cc1)C1C=c3cc4c(cc3=CC1)OC1C=CC=CC41)oc1ccccc12. The van der Waals surface area contributed by atoms with Gasteiger partial charge in [-0.3, -0.25) is 0 Å². The fourth-order valence-corrected chi connectivity index (χ4v) is 7.76. The Kier molecular flexibility index (Phi) is 7.20. The van der Waals surface area contributed by atoms with Crippen LogP contribution in [0.1, 0.15) is 41.0 Å². The molecule has 0 amide bonds. The van der Waals surface area contributed by atoms with Gasteiger partial charge in [-0.25, -0.2) is 0 Å². The van der Waals surface area contributed by atoms with Crippen LogP contribution in [0.15, 0.2) is 126 Å². The molecule has 9 rings (SSSR count). The van der Waals surface area contributed by atoms with Gasteiger partial charge in [0, 0.05) is 34.5 Å². The zero-order valence-corrected chi connectivity index (χ0v) is 27.4. The van der Waals surface area contributed by atoms with Crippen LogP contribution >= 0.6 is 0 Å². The van der Waals surface area contributed by atoms with Crippen molar-refractivity contribution >= 4 is 51.4 Å². The Hall–Kier alpha value is -5.79. The van der Waals surface area contributed by atoms with Crippen LogP contribution in [0.3, 0.4) is 0 Å². The van der Waals surface area contributed by atoms with E-state index >= 15 is 0 Å². The second-order valence-corrected chi connectivity index (χ2v) is 13.5. The van der Waals surface area contributed by atoms with Crippen molar-refractivity contribution in [2.75, 3.05) is 11.4 Å². The summed E-state index contributed by atoms with van der Waals surface area (Å²) in [6, 6.07) is 28.7. The first-order valence-corrected chi connectivity index (χ1v) is 17.2. The van der Waals surface area contributed by atoms with E-state index in [1.54, 1.807) is 0 Å². The lowest BCUT2D eigenvalue weighted by atomic mass is 9.90. The van der Waals surface area contributed by atoms with Crippen LogP contribution in [0.2, 0.25) is 0 Å². The van der Waals surface area contributed by atoms with Crippen molar-refractivity contribution in [3.63, 3.8) is 0 Å². The largest absolute Gasteiger partial charge is 0.485 e. The van der Waals surface area contributed by atoms with Crippen molar-refractivity contribution in [2.24, 2.45) is 5.92 Å². The van der Waals surface area contributed by atoms with Crippen molar-refractivity contribution in [3.05, 3.63) is 154 Å². The minimum absolute atomic E-state index is 0.0354. The predicted octanol–water partition coefficient (Wildman–Crippen LogP) is 8.90. The van der Waals surface area contributed by atoms with E-state index < -0.39 is 0 Å². The normalized spacial score (nSPS) is 21.8. The Balaban J connectivity index is 1.05. The molecule has 0 saturated heterocycles. The summed E-state index contributed by atoms with van der Waals surface area (Å²) in [7, 11) is 0. The molecule has 4 aliphatic rings. The molecule has 4 heteroatoms. The summed E-state index contributed by atoms with van der Waals surface area (Å²) in [6.45, 7) is 2.93. The number of nitriles is 1. The zero-order chi connectivity index (χ0) is 32.9. The third-order valence-corrected chi connectivity index (χ3v) is 10.4. The lowest BCUT2D eigenvalue weighted by molar-refractivity contribution is 0.269. The summed E-state index contributed by atoms with van der Waals surface area (Å²) in [6.07, 6.45) is 26.0. The molecule has 1 aliphatic heterocycles. The van der Waals surface area contributed by atoms with Gasteiger partial charge in [0.05, 0.1) is 18.0 Å². The first-order valence-electron chi connectivity index (χ1n) is 17.2. The molecule has 4 nitrogen and oxygen atoms in total. The fourth-order valence-electron chi connectivity index (χ4n) is 7.76. The number of benzene rings is 4. The molecule has 0 spiro atoms. The second-order valence-electron chi connectivity index (χ2n) is 13.5. The molecule has 0 fully saturated rings. The van der Waals surface area contributed by atoms with Gasteiger partial charge in [0.2, 0.25) is 0 Å². The van der Waals surface area contributed by atoms with Gasteiger partial charge < -0.3 is 14.1 Å². The Morgan fingerprint density at radius 3 is 2.61 bits per heavy atom. The number of anilines is 1. The van der Waals surface area contributed by atoms with E-state index in [2.05, 4.69) is 139 Å². The van der Waals surface area contributed by atoms with Gasteiger partial charge in [0.25, 0.3) is 0 Å². The maximum absolute atomic E-state index is 9.30. The number of hydrogen-bond acceptors (Lipinski definition) is 4. The Morgan fingerprint density at radius 2 is 1.76 bits per heavy atom. The molecular weight excluding hydrogens is 601 g/mol. The standard InChI is InChI=1S/C45H36N2O2/c1-29-23-40-38-8-2-4-10-42(38)48-44(40)26-33(29)7-6-22-47(36-19-16-32(17-20-36)31-14-12-30(28-46)13-15-31)37-21-18-34-27-45-41(25-35(34)24-37)39-9-3-5-11-43(39)49-45/h2-12,14-20,23-27,30,37,39,43H,13,21-22H2,1H3/b7-6-. The lowest BCUT2D eigenvalue weighted by Crippen LogP contribution is -2.40. The van der Waals surface area contributed by atoms with Gasteiger partial charge >= 0.3 is 0 Å². The molecule has 4 atom stereocenters. The Morgan fingerprint density at radius 1 is 0.878 bits per heavy atom. The van der Waals surface area contributed by atoms with E-state index in [1.165, 1.54) is 38.4 Å². The summed E-state index contributed by atoms with van der Waals surface area (Å²) in [4.78, 5) is 2.50. The number of aryl methyl sites for hydroxylation is 1. The van der Waals surface area contributed by atoms with Crippen LogP contribution in [0.25, 0.3) is 45.7 Å². The number of rotatable bonds is 6. The molecule has 238 valence electrons. The van der Waals surface area contributed by atoms with Crippen LogP contribution in [-0.4, -0.2) is 18.7 Å². The molecule has 0 saturated carbocycles. The van der Waals surface area contributed by atoms with E-state index in [4.69, 9.17) is 9.15 Å². The van der Waals surface area contributed by atoms with Crippen molar-refractivity contribution in [1.29, 1.82) is 5.26 Å². The average molecular weight is 637 g/mol. The fraction of sp³-hybridized carbons (Fsp3) is 0.178. The monoisotopic (exact) mass is 636 g/mol. The predicted molar refractivity (Wildman–Crippen MR) is 201 cm³/mol. The number of ether oxygens (including phenoxy) is 1. The van der Waals surface area contributed by atoms with E-state index in [1.807, 2.05) is 18.2 Å². The smallest absolute Gasteiger partial charge is 0.136 e. The molecule has 4 unspecified atom stereocenters. The van der Waals surface area contributed by atoms with Crippen LogP contribution in [0.5, 0.6) is 5.75 Å². The van der Waals surface area contributed by atoms with Gasteiger partial charge in [-0.05, 0) is 101 Å². The highest BCUT2D eigenvalue weighted by atomic mass is 16.5. The molecule has 0 radical (unpaired) electrons. The zero-order valence-electron chi connectivity index (χ0n) is 27.4. The molecule has 49 heavy (non-hydrogen) atoms. The second kappa shape index (κ2) is 12.0. The Labute approximate surface area is 286 Å². The topological polar surface area (TPSA) is 49.4 Å². The highest BCUT2D eigenvalue weighted by Gasteiger charge is 2.32. The summed E-state index contributed by atoms with van der Waals surface area (Å²) >= 11 is 0. The van der Waals surface area contributed by atoms with Crippen molar-refractivity contribution in [3.8, 4) is 11.8 Å². The third kappa shape index (κ3) is 5.32. The first kappa shape index (κ1) is 29.4.